The number of esters is 1. The van der Waals surface area contributed by atoms with Crippen LogP contribution in [0.2, 0.25) is 0 Å². The Morgan fingerprint density at radius 1 is 1.14 bits per heavy atom. The van der Waals surface area contributed by atoms with Gasteiger partial charge in [0, 0.05) is 11.1 Å². The number of benzene rings is 1. The van der Waals surface area contributed by atoms with Gasteiger partial charge in [0.05, 0.1) is 12.7 Å². The molecule has 2 unspecified atom stereocenters. The maximum atomic E-state index is 11.7. The van der Waals surface area contributed by atoms with Crippen LogP contribution in [0.15, 0.2) is 24.3 Å². The summed E-state index contributed by atoms with van der Waals surface area (Å²) in [6.45, 7) is 14.2. The first-order valence-corrected chi connectivity index (χ1v) is 10.0. The third kappa shape index (κ3) is 5.46. The molecule has 158 valence electrons. The molecular weight excluding hydrogens is 358 g/mol. The van der Waals surface area contributed by atoms with Crippen LogP contribution in [-0.4, -0.2) is 46.0 Å². The van der Waals surface area contributed by atoms with Crippen molar-refractivity contribution in [2.45, 2.75) is 90.7 Å². The molecule has 1 saturated heterocycles. The van der Waals surface area contributed by atoms with Gasteiger partial charge in [0.2, 0.25) is 0 Å². The largest absolute Gasteiger partial charge is 0.479 e. The second-order valence-corrected chi connectivity index (χ2v) is 8.81. The highest BCUT2D eigenvalue weighted by molar-refractivity contribution is 5.74. The minimum absolute atomic E-state index is 0.162. The van der Waals surface area contributed by atoms with Gasteiger partial charge in [0.25, 0.3) is 0 Å². The van der Waals surface area contributed by atoms with Crippen molar-refractivity contribution in [3.8, 4) is 5.75 Å². The molecule has 1 aliphatic heterocycles. The van der Waals surface area contributed by atoms with E-state index in [0.717, 1.165) is 5.56 Å². The van der Waals surface area contributed by atoms with E-state index in [2.05, 4.69) is 27.7 Å². The van der Waals surface area contributed by atoms with Gasteiger partial charge in [-0.3, -0.25) is 4.84 Å². The van der Waals surface area contributed by atoms with Crippen LogP contribution in [0.25, 0.3) is 0 Å². The lowest BCUT2D eigenvalue weighted by Gasteiger charge is -2.53. The van der Waals surface area contributed by atoms with Gasteiger partial charge < -0.3 is 14.6 Å². The Morgan fingerprint density at radius 2 is 1.68 bits per heavy atom. The van der Waals surface area contributed by atoms with Gasteiger partial charge in [-0.05, 0) is 79.0 Å². The summed E-state index contributed by atoms with van der Waals surface area (Å²) in [7, 11) is 0. The van der Waals surface area contributed by atoms with Crippen LogP contribution >= 0.6 is 0 Å². The first-order chi connectivity index (χ1) is 13.0. The number of aliphatic hydroxyl groups is 1. The van der Waals surface area contributed by atoms with Crippen LogP contribution in [0.3, 0.4) is 0 Å². The lowest BCUT2D eigenvalue weighted by atomic mass is 9.80. The number of nitrogens with zero attached hydrogens (tertiary/aromatic N) is 1. The summed E-state index contributed by atoms with van der Waals surface area (Å²) in [4.78, 5) is 18.1. The zero-order chi connectivity index (χ0) is 21.1. The van der Waals surface area contributed by atoms with E-state index >= 15 is 0 Å². The maximum absolute atomic E-state index is 11.7. The first kappa shape index (κ1) is 22.7. The monoisotopic (exact) mass is 393 g/mol. The number of ether oxygens (including phenoxy) is 2. The van der Waals surface area contributed by atoms with Crippen molar-refractivity contribution in [1.82, 2.24) is 5.06 Å². The van der Waals surface area contributed by atoms with Crippen LogP contribution in [0.4, 0.5) is 0 Å². The maximum Gasteiger partial charge on any atom is 0.347 e. The predicted molar refractivity (Wildman–Crippen MR) is 108 cm³/mol. The van der Waals surface area contributed by atoms with Gasteiger partial charge >= 0.3 is 5.97 Å². The molecule has 1 aromatic carbocycles. The van der Waals surface area contributed by atoms with E-state index in [4.69, 9.17) is 14.3 Å². The van der Waals surface area contributed by atoms with E-state index in [-0.39, 0.29) is 29.3 Å². The van der Waals surface area contributed by atoms with E-state index in [1.165, 1.54) is 0 Å². The Kier molecular flexibility index (Phi) is 7.12. The highest BCUT2D eigenvalue weighted by Crippen LogP contribution is 2.40. The van der Waals surface area contributed by atoms with Crippen LogP contribution in [0.1, 0.15) is 73.0 Å². The van der Waals surface area contributed by atoms with Gasteiger partial charge in [0.1, 0.15) is 11.9 Å². The van der Waals surface area contributed by atoms with Gasteiger partial charge in [0.15, 0.2) is 6.10 Å². The van der Waals surface area contributed by atoms with Crippen LogP contribution in [-0.2, 0) is 14.4 Å². The number of hydrogen-bond donors (Lipinski definition) is 1. The summed E-state index contributed by atoms with van der Waals surface area (Å²) in [6, 6.07) is 7.55. The van der Waals surface area contributed by atoms with Crippen molar-refractivity contribution < 1.29 is 24.2 Å². The van der Waals surface area contributed by atoms with E-state index in [1.54, 1.807) is 13.8 Å². The normalized spacial score (nSPS) is 21.7. The fourth-order valence-corrected chi connectivity index (χ4v) is 4.04. The van der Waals surface area contributed by atoms with Crippen LogP contribution < -0.4 is 4.74 Å². The predicted octanol–water partition coefficient (Wildman–Crippen LogP) is 4.02. The second kappa shape index (κ2) is 8.80. The number of carbonyl (C=O) groups excluding carboxylic acids is 1. The Labute approximate surface area is 168 Å². The summed E-state index contributed by atoms with van der Waals surface area (Å²) in [5.41, 5.74) is 0.468. The molecule has 6 heteroatoms. The highest BCUT2D eigenvalue weighted by Gasteiger charge is 2.46. The average Bonchev–Trinajstić information content (AvgIpc) is 2.57. The quantitative estimate of drug-likeness (QED) is 0.706. The van der Waals surface area contributed by atoms with E-state index < -0.39 is 6.10 Å². The molecule has 6 nitrogen and oxygen atoms in total. The Hall–Kier alpha value is -1.63. The van der Waals surface area contributed by atoms with Crippen molar-refractivity contribution in [3.63, 3.8) is 0 Å². The molecule has 1 aliphatic rings. The molecule has 1 N–H and O–H groups in total. The molecule has 0 spiro atoms. The Balaban J connectivity index is 2.04. The van der Waals surface area contributed by atoms with Gasteiger partial charge in [-0.2, -0.15) is 5.06 Å². The number of carbonyl (C=O) groups is 1. The van der Waals surface area contributed by atoms with Crippen molar-refractivity contribution in [2.75, 3.05) is 6.61 Å². The fourth-order valence-electron chi connectivity index (χ4n) is 4.04. The molecule has 2 rings (SSSR count). The zero-order valence-electron chi connectivity index (χ0n) is 18.2. The molecular formula is C22H35NO5. The molecule has 1 aromatic rings. The van der Waals surface area contributed by atoms with Crippen LogP contribution in [0.5, 0.6) is 5.75 Å². The Morgan fingerprint density at radius 3 is 2.18 bits per heavy atom. The molecule has 0 aromatic heterocycles. The Bertz CT molecular complexity index is 637. The molecule has 2 atom stereocenters. The number of piperidine rings is 1. The summed E-state index contributed by atoms with van der Waals surface area (Å²) in [5.74, 6) is 0.235. The van der Waals surface area contributed by atoms with Crippen molar-refractivity contribution in [3.05, 3.63) is 29.8 Å². The molecule has 1 fully saturated rings. The van der Waals surface area contributed by atoms with E-state index in [0.29, 0.717) is 25.2 Å². The SMILES string of the molecule is CCOC(=O)C(C)Oc1ccc(C(C)ON2C(C)(C)CC(O)CC2(C)C)cc1. The first-order valence-electron chi connectivity index (χ1n) is 10.0. The second-order valence-electron chi connectivity index (χ2n) is 8.81. The third-order valence-corrected chi connectivity index (χ3v) is 5.11. The van der Waals surface area contributed by atoms with Crippen molar-refractivity contribution in [1.29, 1.82) is 0 Å². The molecule has 0 aliphatic carbocycles. The third-order valence-electron chi connectivity index (χ3n) is 5.11. The lowest BCUT2D eigenvalue weighted by molar-refractivity contribution is -0.313. The minimum Gasteiger partial charge on any atom is -0.479 e. The molecule has 1 heterocycles. The van der Waals surface area contributed by atoms with E-state index in [9.17, 15) is 9.90 Å². The van der Waals surface area contributed by atoms with Crippen molar-refractivity contribution in [2.24, 2.45) is 0 Å². The van der Waals surface area contributed by atoms with Gasteiger partial charge in [-0.25, -0.2) is 4.79 Å². The molecule has 28 heavy (non-hydrogen) atoms. The van der Waals surface area contributed by atoms with Gasteiger partial charge in [-0.15, -0.1) is 0 Å². The molecule has 0 amide bonds. The minimum atomic E-state index is -0.652. The molecule has 0 radical (unpaired) electrons. The highest BCUT2D eigenvalue weighted by atomic mass is 16.7. The summed E-state index contributed by atoms with van der Waals surface area (Å²) >= 11 is 0. The topological polar surface area (TPSA) is 68.2 Å². The lowest BCUT2D eigenvalue weighted by Crippen LogP contribution is -2.61. The van der Waals surface area contributed by atoms with Crippen LogP contribution in [0, 0.1) is 0 Å². The summed E-state index contributed by atoms with van der Waals surface area (Å²) in [5, 5.41) is 12.2. The fraction of sp³-hybridized carbons (Fsp3) is 0.682. The number of aliphatic hydroxyl groups excluding tert-OH is 1. The molecule has 0 bridgehead atoms. The van der Waals surface area contributed by atoms with Gasteiger partial charge in [-0.1, -0.05) is 12.1 Å². The van der Waals surface area contributed by atoms with Crippen molar-refractivity contribution >= 4 is 5.97 Å². The number of hydrogen-bond acceptors (Lipinski definition) is 6. The summed E-state index contributed by atoms with van der Waals surface area (Å²) in [6.07, 6.45) is 0.202. The average molecular weight is 394 g/mol. The van der Waals surface area contributed by atoms with E-state index in [1.807, 2.05) is 36.3 Å². The standard InChI is InChI=1S/C22H35NO5/c1-8-26-20(25)16(3)27-19-11-9-17(10-12-19)15(2)28-23-21(4,5)13-18(24)14-22(23,6)7/h9-12,15-16,18,24H,8,13-14H2,1-7H3. The zero-order valence-corrected chi connectivity index (χ0v) is 18.2. The number of rotatable bonds is 7. The smallest absolute Gasteiger partial charge is 0.347 e. The molecule has 0 saturated carbocycles. The summed E-state index contributed by atoms with van der Waals surface area (Å²) < 4.78 is 10.6. The number of hydroxylamine groups is 2.